The van der Waals surface area contributed by atoms with Crippen molar-refractivity contribution in [3.63, 3.8) is 0 Å². The summed E-state index contributed by atoms with van der Waals surface area (Å²) in [7, 11) is 0. The summed E-state index contributed by atoms with van der Waals surface area (Å²) in [6.07, 6.45) is 1.03. The lowest BCUT2D eigenvalue weighted by atomic mass is 9.65. The molecule has 1 atom stereocenters. The molecular weight excluding hydrogens is 299 g/mol. The second-order valence-corrected chi connectivity index (χ2v) is 7.19. The van der Waals surface area contributed by atoms with Crippen molar-refractivity contribution in [2.24, 2.45) is 5.41 Å². The van der Waals surface area contributed by atoms with Gasteiger partial charge in [0.15, 0.2) is 0 Å². The smallest absolute Gasteiger partial charge is 0.0595 e. The van der Waals surface area contributed by atoms with E-state index in [4.69, 9.17) is 23.2 Å². The van der Waals surface area contributed by atoms with E-state index in [-0.39, 0.29) is 5.41 Å². The van der Waals surface area contributed by atoms with Crippen LogP contribution in [0.4, 0.5) is 0 Å². The number of allylic oxidation sites excluding steroid dienone is 1. The van der Waals surface area contributed by atoms with Gasteiger partial charge < -0.3 is 0 Å². The van der Waals surface area contributed by atoms with Crippen LogP contribution in [0.25, 0.3) is 5.57 Å². The molecule has 0 aromatic heterocycles. The van der Waals surface area contributed by atoms with Crippen molar-refractivity contribution in [1.29, 1.82) is 0 Å². The Morgan fingerprint density at radius 1 is 1.05 bits per heavy atom. The number of benzene rings is 2. The summed E-state index contributed by atoms with van der Waals surface area (Å²) < 4.78 is 0. The van der Waals surface area contributed by atoms with Crippen molar-refractivity contribution in [1.82, 2.24) is 0 Å². The van der Waals surface area contributed by atoms with Gasteiger partial charge >= 0.3 is 0 Å². The van der Waals surface area contributed by atoms with Gasteiger partial charge in [-0.1, -0.05) is 74.0 Å². The van der Waals surface area contributed by atoms with Crippen LogP contribution in [0.5, 0.6) is 0 Å². The Morgan fingerprint density at radius 2 is 1.76 bits per heavy atom. The molecule has 108 valence electrons. The Hall–Kier alpha value is -1.24. The molecule has 0 bridgehead atoms. The molecule has 0 amide bonds. The van der Waals surface area contributed by atoms with Crippen molar-refractivity contribution >= 4 is 28.8 Å². The lowest BCUT2D eigenvalue weighted by Crippen LogP contribution is -2.24. The predicted octanol–water partition coefficient (Wildman–Crippen LogP) is 6.57. The van der Waals surface area contributed by atoms with E-state index in [0.717, 1.165) is 6.42 Å². The van der Waals surface area contributed by atoms with Gasteiger partial charge in [-0.25, -0.2) is 0 Å². The molecule has 1 aliphatic rings. The summed E-state index contributed by atoms with van der Waals surface area (Å²) in [4.78, 5) is 0. The topological polar surface area (TPSA) is 0 Å². The van der Waals surface area contributed by atoms with Crippen molar-refractivity contribution in [3.05, 3.63) is 75.8 Å². The number of rotatable bonds is 1. The molecule has 0 radical (unpaired) electrons. The lowest BCUT2D eigenvalue weighted by molar-refractivity contribution is 0.415. The molecule has 0 spiro atoms. The molecule has 1 aliphatic carbocycles. The highest BCUT2D eigenvalue weighted by molar-refractivity contribution is 6.42. The number of halogens is 2. The second kappa shape index (κ2) is 5.19. The van der Waals surface area contributed by atoms with E-state index in [9.17, 15) is 0 Å². The van der Waals surface area contributed by atoms with E-state index in [1.807, 2.05) is 12.1 Å². The fourth-order valence-corrected chi connectivity index (χ4v) is 3.52. The Balaban J connectivity index is 2.16. The third-order valence-corrected chi connectivity index (χ3v) is 5.28. The predicted molar refractivity (Wildman–Crippen MR) is 92.2 cm³/mol. The van der Waals surface area contributed by atoms with Crippen LogP contribution < -0.4 is 0 Å². The normalized spacial score (nSPS) is 20.2. The van der Waals surface area contributed by atoms with E-state index in [1.165, 1.54) is 22.3 Å². The van der Waals surface area contributed by atoms with Crippen molar-refractivity contribution in [2.45, 2.75) is 26.2 Å². The summed E-state index contributed by atoms with van der Waals surface area (Å²) in [6, 6.07) is 14.5. The quantitative estimate of drug-likeness (QED) is 0.558. The molecule has 21 heavy (non-hydrogen) atoms. The molecule has 2 aromatic rings. The first-order valence-electron chi connectivity index (χ1n) is 7.14. The molecule has 0 fully saturated rings. The zero-order chi connectivity index (χ0) is 15.2. The van der Waals surface area contributed by atoms with Crippen molar-refractivity contribution in [3.8, 4) is 0 Å². The van der Waals surface area contributed by atoms with Crippen LogP contribution in [0.2, 0.25) is 10.0 Å². The molecule has 0 N–H and O–H groups in total. The average Bonchev–Trinajstić information content (AvgIpc) is 2.46. The highest BCUT2D eigenvalue weighted by atomic mass is 35.5. The van der Waals surface area contributed by atoms with Gasteiger partial charge in [0.2, 0.25) is 0 Å². The first kappa shape index (κ1) is 14.7. The molecule has 2 aromatic carbocycles. The molecule has 0 aliphatic heterocycles. The van der Waals surface area contributed by atoms with Crippen LogP contribution >= 0.6 is 23.2 Å². The van der Waals surface area contributed by atoms with Gasteiger partial charge in [0.1, 0.15) is 0 Å². The van der Waals surface area contributed by atoms with Gasteiger partial charge in [0.05, 0.1) is 10.0 Å². The van der Waals surface area contributed by atoms with E-state index in [0.29, 0.717) is 16.0 Å². The Bertz CT molecular complexity index is 713. The maximum absolute atomic E-state index is 6.21. The van der Waals surface area contributed by atoms with Crippen LogP contribution in [0.1, 0.15) is 42.9 Å². The molecule has 0 heterocycles. The van der Waals surface area contributed by atoms with E-state index < -0.39 is 0 Å². The Kier molecular flexibility index (Phi) is 3.63. The van der Waals surface area contributed by atoms with Gasteiger partial charge in [-0.15, -0.1) is 0 Å². The Labute approximate surface area is 136 Å². The minimum atomic E-state index is 0.0745. The average molecular weight is 317 g/mol. The minimum absolute atomic E-state index is 0.0745. The van der Waals surface area contributed by atoms with Gasteiger partial charge in [-0.05, 0) is 46.2 Å². The molecule has 3 rings (SSSR count). The monoisotopic (exact) mass is 316 g/mol. The number of hydrogen-bond donors (Lipinski definition) is 0. The zero-order valence-electron chi connectivity index (χ0n) is 12.3. The fraction of sp³-hybridized carbons (Fsp3) is 0.263. The molecule has 0 saturated heterocycles. The largest absolute Gasteiger partial charge is 0.0947 e. The van der Waals surface area contributed by atoms with E-state index >= 15 is 0 Å². The lowest BCUT2D eigenvalue weighted by Gasteiger charge is -2.39. The van der Waals surface area contributed by atoms with Crippen LogP contribution in [-0.4, -0.2) is 0 Å². The fourth-order valence-electron chi connectivity index (χ4n) is 3.21. The van der Waals surface area contributed by atoms with E-state index in [2.05, 4.69) is 50.8 Å². The van der Waals surface area contributed by atoms with Crippen molar-refractivity contribution in [2.75, 3.05) is 0 Å². The van der Waals surface area contributed by atoms with Gasteiger partial charge in [-0.3, -0.25) is 0 Å². The molecular formula is C19H18Cl2. The van der Waals surface area contributed by atoms with Crippen LogP contribution in [0.3, 0.4) is 0 Å². The number of hydrogen-bond acceptors (Lipinski definition) is 0. The summed E-state index contributed by atoms with van der Waals surface area (Å²) in [6.45, 7) is 8.84. The molecule has 1 unspecified atom stereocenters. The first-order valence-corrected chi connectivity index (χ1v) is 7.89. The SMILES string of the molecule is C=C1c2ccccc2C(c2ccc(Cl)c(Cl)c2)CC1(C)C. The zero-order valence-corrected chi connectivity index (χ0v) is 13.8. The third kappa shape index (κ3) is 2.52. The molecule has 0 saturated carbocycles. The Morgan fingerprint density at radius 3 is 2.48 bits per heavy atom. The standard InChI is InChI=1S/C19H18Cl2/c1-12-14-6-4-5-7-15(14)16(11-19(12,2)3)13-8-9-17(20)18(21)10-13/h4-10,16H,1,11H2,2-3H3. The summed E-state index contributed by atoms with van der Waals surface area (Å²) in [5, 5.41) is 1.22. The minimum Gasteiger partial charge on any atom is -0.0947 e. The van der Waals surface area contributed by atoms with Crippen LogP contribution in [-0.2, 0) is 0 Å². The molecule has 2 heteroatoms. The van der Waals surface area contributed by atoms with Gasteiger partial charge in [0.25, 0.3) is 0 Å². The van der Waals surface area contributed by atoms with Gasteiger partial charge in [-0.2, -0.15) is 0 Å². The highest BCUT2D eigenvalue weighted by Gasteiger charge is 2.35. The molecule has 0 nitrogen and oxygen atoms in total. The van der Waals surface area contributed by atoms with Crippen LogP contribution in [0.15, 0.2) is 49.0 Å². The number of fused-ring (bicyclic) bond motifs is 1. The van der Waals surface area contributed by atoms with Crippen molar-refractivity contribution < 1.29 is 0 Å². The summed E-state index contributed by atoms with van der Waals surface area (Å²) >= 11 is 12.3. The maximum Gasteiger partial charge on any atom is 0.0595 e. The first-order chi connectivity index (χ1) is 9.90. The van der Waals surface area contributed by atoms with Gasteiger partial charge in [0, 0.05) is 5.92 Å². The third-order valence-electron chi connectivity index (χ3n) is 4.54. The highest BCUT2D eigenvalue weighted by Crippen LogP contribution is 2.51. The summed E-state index contributed by atoms with van der Waals surface area (Å²) in [5.74, 6) is 0.330. The summed E-state index contributed by atoms with van der Waals surface area (Å²) in [5.41, 5.74) is 5.11. The van der Waals surface area contributed by atoms with E-state index in [1.54, 1.807) is 0 Å². The second-order valence-electron chi connectivity index (χ2n) is 6.38. The maximum atomic E-state index is 6.21. The van der Waals surface area contributed by atoms with Crippen LogP contribution in [0, 0.1) is 5.41 Å².